The highest BCUT2D eigenvalue weighted by molar-refractivity contribution is 6.36. The summed E-state index contributed by atoms with van der Waals surface area (Å²) in [7, 11) is 0. The third kappa shape index (κ3) is 4.11. The fourth-order valence-electron chi connectivity index (χ4n) is 1.52. The Balaban J connectivity index is 2.54. The van der Waals surface area contributed by atoms with E-state index in [4.69, 9.17) is 10.00 Å². The molecule has 5 heteroatoms. The summed E-state index contributed by atoms with van der Waals surface area (Å²) in [5, 5.41) is 8.64. The Morgan fingerprint density at radius 1 is 1.21 bits per heavy atom. The number of nitriles is 1. The lowest BCUT2D eigenvalue weighted by atomic mass is 10.2. The molecule has 0 atom stereocenters. The molecule has 0 aromatic heterocycles. The maximum absolute atomic E-state index is 11.7. The van der Waals surface area contributed by atoms with Gasteiger partial charge in [-0.15, -0.1) is 0 Å². The van der Waals surface area contributed by atoms with Gasteiger partial charge in [-0.25, -0.2) is 0 Å². The molecule has 0 aliphatic heterocycles. The molecule has 0 saturated heterocycles. The molecule has 0 N–H and O–H groups in total. The van der Waals surface area contributed by atoms with Crippen LogP contribution >= 0.6 is 0 Å². The van der Waals surface area contributed by atoms with Gasteiger partial charge in [-0.05, 0) is 38.1 Å². The maximum atomic E-state index is 11.7. The number of carbonyl (C=O) groups excluding carboxylic acids is 2. The number of hydrogen-bond acceptors (Lipinski definition) is 4. The largest absolute Gasteiger partial charge is 0.485 e. The normalized spacial score (nSPS) is 9.53. The van der Waals surface area contributed by atoms with Crippen LogP contribution in [0, 0.1) is 11.3 Å². The minimum absolute atomic E-state index is 0.290. The predicted octanol–water partition coefficient (Wildman–Crippen LogP) is 1.37. The standard InChI is InChI=1S/C14H16N2O3/c1-3-16(4-2)14(18)13(17)10-19-12-7-5-11(9-15)6-8-12/h5-8H,3-4,10H2,1-2H3. The molecule has 1 aromatic carbocycles. The van der Waals surface area contributed by atoms with Crippen molar-refractivity contribution in [3.8, 4) is 11.8 Å². The number of rotatable bonds is 6. The lowest BCUT2D eigenvalue weighted by Crippen LogP contribution is -2.38. The van der Waals surface area contributed by atoms with Crippen molar-refractivity contribution in [2.24, 2.45) is 0 Å². The average Bonchev–Trinajstić information content (AvgIpc) is 2.46. The second kappa shape index (κ2) is 7.17. The fraction of sp³-hybridized carbons (Fsp3) is 0.357. The quantitative estimate of drug-likeness (QED) is 0.724. The van der Waals surface area contributed by atoms with Crippen molar-refractivity contribution in [3.05, 3.63) is 29.8 Å². The molecule has 0 unspecified atom stereocenters. The summed E-state index contributed by atoms with van der Waals surface area (Å²) in [6.45, 7) is 4.34. The van der Waals surface area contributed by atoms with E-state index in [1.165, 1.54) is 4.90 Å². The molecule has 0 radical (unpaired) electrons. The summed E-state index contributed by atoms with van der Waals surface area (Å²) in [5.74, 6) is -0.647. The number of benzene rings is 1. The Bertz CT molecular complexity index is 484. The zero-order chi connectivity index (χ0) is 14.3. The van der Waals surface area contributed by atoms with Crippen molar-refractivity contribution in [2.75, 3.05) is 19.7 Å². The van der Waals surface area contributed by atoms with Crippen molar-refractivity contribution < 1.29 is 14.3 Å². The molecule has 0 aliphatic rings. The van der Waals surface area contributed by atoms with Gasteiger partial charge in [-0.1, -0.05) is 0 Å². The molecule has 1 aromatic rings. The van der Waals surface area contributed by atoms with Crippen LogP contribution in [0.2, 0.25) is 0 Å². The van der Waals surface area contributed by atoms with Crippen molar-refractivity contribution in [1.29, 1.82) is 5.26 Å². The fourth-order valence-corrected chi connectivity index (χ4v) is 1.52. The lowest BCUT2D eigenvalue weighted by Gasteiger charge is -2.17. The first-order valence-corrected chi connectivity index (χ1v) is 6.07. The molecule has 100 valence electrons. The van der Waals surface area contributed by atoms with E-state index in [1.807, 2.05) is 19.9 Å². The van der Waals surface area contributed by atoms with E-state index in [0.717, 1.165) is 0 Å². The Morgan fingerprint density at radius 2 is 1.79 bits per heavy atom. The third-order valence-electron chi connectivity index (χ3n) is 2.64. The van der Waals surface area contributed by atoms with Crippen molar-refractivity contribution in [3.63, 3.8) is 0 Å². The van der Waals surface area contributed by atoms with Gasteiger partial charge in [0.1, 0.15) is 5.75 Å². The van der Waals surface area contributed by atoms with E-state index in [1.54, 1.807) is 24.3 Å². The molecule has 0 aliphatic carbocycles. The number of likely N-dealkylation sites (N-methyl/N-ethyl adjacent to an activating group) is 1. The first-order valence-electron chi connectivity index (χ1n) is 6.07. The number of amides is 1. The molecule has 0 bridgehead atoms. The summed E-state index contributed by atoms with van der Waals surface area (Å²) in [4.78, 5) is 24.8. The van der Waals surface area contributed by atoms with Crippen LogP contribution < -0.4 is 4.74 Å². The second-order valence-electron chi connectivity index (χ2n) is 3.83. The Hall–Kier alpha value is -2.35. The zero-order valence-corrected chi connectivity index (χ0v) is 11.0. The Kier molecular flexibility index (Phi) is 5.55. The summed E-state index contributed by atoms with van der Waals surface area (Å²) >= 11 is 0. The van der Waals surface area contributed by atoms with E-state index >= 15 is 0 Å². The number of carbonyl (C=O) groups is 2. The average molecular weight is 260 g/mol. The van der Waals surface area contributed by atoms with Gasteiger partial charge < -0.3 is 9.64 Å². The molecule has 0 heterocycles. The molecule has 0 spiro atoms. The summed E-state index contributed by atoms with van der Waals surface area (Å²) in [6.07, 6.45) is 0. The maximum Gasteiger partial charge on any atom is 0.293 e. The predicted molar refractivity (Wildman–Crippen MR) is 69.6 cm³/mol. The molecular weight excluding hydrogens is 244 g/mol. The minimum Gasteiger partial charge on any atom is -0.485 e. The lowest BCUT2D eigenvalue weighted by molar-refractivity contribution is -0.145. The van der Waals surface area contributed by atoms with E-state index in [0.29, 0.717) is 24.4 Å². The number of hydrogen-bond donors (Lipinski definition) is 0. The highest BCUT2D eigenvalue weighted by Gasteiger charge is 2.19. The first-order chi connectivity index (χ1) is 9.12. The molecule has 19 heavy (non-hydrogen) atoms. The molecule has 1 amide bonds. The highest BCUT2D eigenvalue weighted by Crippen LogP contribution is 2.11. The summed E-state index contributed by atoms with van der Waals surface area (Å²) in [6, 6.07) is 8.34. The van der Waals surface area contributed by atoms with E-state index < -0.39 is 11.7 Å². The van der Waals surface area contributed by atoms with Crippen LogP contribution in [0.5, 0.6) is 5.75 Å². The van der Waals surface area contributed by atoms with E-state index in [-0.39, 0.29) is 6.61 Å². The van der Waals surface area contributed by atoms with Gasteiger partial charge >= 0.3 is 0 Å². The SMILES string of the molecule is CCN(CC)C(=O)C(=O)COc1ccc(C#N)cc1. The third-order valence-corrected chi connectivity index (χ3v) is 2.64. The summed E-state index contributed by atoms with van der Waals surface area (Å²) in [5.41, 5.74) is 0.512. The molecule has 1 rings (SSSR count). The van der Waals surface area contributed by atoms with Crippen LogP contribution in [-0.2, 0) is 9.59 Å². The topological polar surface area (TPSA) is 70.4 Å². The van der Waals surface area contributed by atoms with Crippen LogP contribution in [0.4, 0.5) is 0 Å². The van der Waals surface area contributed by atoms with Crippen LogP contribution in [-0.4, -0.2) is 36.3 Å². The van der Waals surface area contributed by atoms with E-state index in [9.17, 15) is 9.59 Å². The van der Waals surface area contributed by atoms with Gasteiger partial charge in [0, 0.05) is 13.1 Å². The van der Waals surface area contributed by atoms with Gasteiger partial charge in [0.2, 0.25) is 0 Å². The molecule has 0 fully saturated rings. The minimum atomic E-state index is -0.576. The Morgan fingerprint density at radius 3 is 2.26 bits per heavy atom. The van der Waals surface area contributed by atoms with Crippen molar-refractivity contribution >= 4 is 11.7 Å². The monoisotopic (exact) mass is 260 g/mol. The van der Waals surface area contributed by atoms with Crippen LogP contribution in [0.1, 0.15) is 19.4 Å². The zero-order valence-electron chi connectivity index (χ0n) is 11.0. The van der Waals surface area contributed by atoms with Crippen LogP contribution in [0.15, 0.2) is 24.3 Å². The first kappa shape index (κ1) is 14.7. The van der Waals surface area contributed by atoms with Crippen molar-refractivity contribution in [1.82, 2.24) is 4.90 Å². The van der Waals surface area contributed by atoms with Gasteiger partial charge in [0.15, 0.2) is 6.61 Å². The molecule has 0 saturated carbocycles. The van der Waals surface area contributed by atoms with Crippen LogP contribution in [0.25, 0.3) is 0 Å². The van der Waals surface area contributed by atoms with Gasteiger partial charge in [-0.2, -0.15) is 5.26 Å². The molecule has 5 nitrogen and oxygen atoms in total. The smallest absolute Gasteiger partial charge is 0.293 e. The summed E-state index contributed by atoms with van der Waals surface area (Å²) < 4.78 is 5.22. The van der Waals surface area contributed by atoms with Gasteiger partial charge in [0.05, 0.1) is 11.6 Å². The Labute approximate surface area is 112 Å². The van der Waals surface area contributed by atoms with E-state index in [2.05, 4.69) is 0 Å². The van der Waals surface area contributed by atoms with Crippen molar-refractivity contribution in [2.45, 2.75) is 13.8 Å². The van der Waals surface area contributed by atoms with Gasteiger partial charge in [0.25, 0.3) is 11.7 Å². The number of ketones is 1. The van der Waals surface area contributed by atoms with Gasteiger partial charge in [-0.3, -0.25) is 9.59 Å². The second-order valence-corrected chi connectivity index (χ2v) is 3.83. The van der Waals surface area contributed by atoms with Crippen LogP contribution in [0.3, 0.4) is 0 Å². The molecular formula is C14H16N2O3. The number of Topliss-reactive ketones (excluding diaryl/α,β-unsaturated/α-hetero) is 1. The number of nitrogens with zero attached hydrogens (tertiary/aromatic N) is 2. The highest BCUT2D eigenvalue weighted by atomic mass is 16.5. The number of ether oxygens (including phenoxy) is 1.